The fourth-order valence-corrected chi connectivity index (χ4v) is 2.99. The lowest BCUT2D eigenvalue weighted by molar-refractivity contribution is 0.172. The van der Waals surface area contributed by atoms with Gasteiger partial charge >= 0.3 is 0 Å². The lowest BCUT2D eigenvalue weighted by atomic mass is 9.90. The third-order valence-electron chi connectivity index (χ3n) is 4.09. The van der Waals surface area contributed by atoms with Crippen LogP contribution in [0.2, 0.25) is 0 Å². The van der Waals surface area contributed by atoms with E-state index >= 15 is 0 Å². The second-order valence-electron chi connectivity index (χ2n) is 5.35. The molecule has 0 bridgehead atoms. The molecule has 0 unspecified atom stereocenters. The molecule has 0 aromatic heterocycles. The molecule has 0 saturated heterocycles. The monoisotopic (exact) mass is 250 g/mol. The number of aryl methyl sites for hydroxylation is 1. The van der Waals surface area contributed by atoms with Crippen LogP contribution in [0.15, 0.2) is 18.2 Å². The molecule has 0 spiro atoms. The molecule has 1 aromatic carbocycles. The average Bonchev–Trinajstić information content (AvgIpc) is 2.81. The fraction of sp³-hybridized carbons (Fsp3) is 0.600. The van der Waals surface area contributed by atoms with Crippen molar-refractivity contribution in [2.24, 2.45) is 5.41 Å². The average molecular weight is 250 g/mol. The van der Waals surface area contributed by atoms with Gasteiger partial charge in [-0.3, -0.25) is 0 Å². The van der Waals surface area contributed by atoms with E-state index in [0.717, 1.165) is 18.1 Å². The highest BCUT2D eigenvalue weighted by atomic mass is 32.1. The molecule has 0 amide bonds. The van der Waals surface area contributed by atoms with Gasteiger partial charge in [0.2, 0.25) is 0 Å². The van der Waals surface area contributed by atoms with Crippen molar-refractivity contribution >= 4 is 12.6 Å². The Morgan fingerprint density at radius 1 is 1.24 bits per heavy atom. The normalized spacial score (nSPS) is 18.3. The van der Waals surface area contributed by atoms with E-state index in [-0.39, 0.29) is 0 Å². The predicted octanol–water partition coefficient (Wildman–Crippen LogP) is 4.17. The second kappa shape index (κ2) is 5.34. The summed E-state index contributed by atoms with van der Waals surface area (Å²) in [6, 6.07) is 6.27. The lowest BCUT2D eigenvalue weighted by Gasteiger charge is -2.27. The minimum atomic E-state index is 0.319. The molecule has 17 heavy (non-hydrogen) atoms. The highest BCUT2D eigenvalue weighted by molar-refractivity contribution is 7.80. The van der Waals surface area contributed by atoms with E-state index in [9.17, 15) is 0 Å². The molecule has 0 atom stereocenters. The highest BCUT2D eigenvalue weighted by Crippen LogP contribution is 2.39. The van der Waals surface area contributed by atoms with Gasteiger partial charge in [-0.15, -0.1) is 0 Å². The molecule has 1 aliphatic carbocycles. The maximum absolute atomic E-state index is 6.05. The maximum atomic E-state index is 6.05. The Morgan fingerprint density at radius 2 is 1.94 bits per heavy atom. The van der Waals surface area contributed by atoms with E-state index in [4.69, 9.17) is 4.74 Å². The van der Waals surface area contributed by atoms with Gasteiger partial charge in [0.1, 0.15) is 5.75 Å². The second-order valence-corrected chi connectivity index (χ2v) is 5.67. The minimum absolute atomic E-state index is 0.319. The Morgan fingerprint density at radius 3 is 2.59 bits per heavy atom. The number of ether oxygens (including phenoxy) is 1. The third kappa shape index (κ3) is 2.79. The van der Waals surface area contributed by atoms with Crippen LogP contribution in [0.25, 0.3) is 0 Å². The van der Waals surface area contributed by atoms with Gasteiger partial charge in [0.05, 0.1) is 6.61 Å². The molecule has 1 fully saturated rings. The summed E-state index contributed by atoms with van der Waals surface area (Å²) in [6.07, 6.45) is 5.19. The Balaban J connectivity index is 2.04. The molecule has 0 aliphatic heterocycles. The molecule has 1 nitrogen and oxygen atoms in total. The van der Waals surface area contributed by atoms with Crippen molar-refractivity contribution in [1.82, 2.24) is 0 Å². The standard InChI is InChI=1S/C15H22OS/c1-12-6-5-7-14(13(12)2)16-10-15(11-17)8-3-4-9-15/h5-7,17H,3-4,8-11H2,1-2H3. The molecule has 1 aliphatic rings. The molecule has 2 rings (SSSR count). The molecule has 1 saturated carbocycles. The smallest absolute Gasteiger partial charge is 0.122 e. The molecular formula is C15H22OS. The molecule has 0 radical (unpaired) electrons. The van der Waals surface area contributed by atoms with Crippen LogP contribution in [0.5, 0.6) is 5.75 Å². The molecule has 0 N–H and O–H groups in total. The fourth-order valence-electron chi connectivity index (χ4n) is 2.58. The summed E-state index contributed by atoms with van der Waals surface area (Å²) in [4.78, 5) is 0. The van der Waals surface area contributed by atoms with Crippen molar-refractivity contribution < 1.29 is 4.74 Å². The van der Waals surface area contributed by atoms with Crippen LogP contribution in [-0.4, -0.2) is 12.4 Å². The van der Waals surface area contributed by atoms with Crippen LogP contribution in [-0.2, 0) is 0 Å². The van der Waals surface area contributed by atoms with E-state index in [0.29, 0.717) is 5.41 Å². The summed E-state index contributed by atoms with van der Waals surface area (Å²) in [5.41, 5.74) is 2.88. The molecule has 1 aromatic rings. The van der Waals surface area contributed by atoms with Gasteiger partial charge < -0.3 is 4.74 Å². The van der Waals surface area contributed by atoms with Crippen molar-refractivity contribution in [1.29, 1.82) is 0 Å². The van der Waals surface area contributed by atoms with Crippen molar-refractivity contribution in [3.8, 4) is 5.75 Å². The largest absolute Gasteiger partial charge is 0.493 e. The number of hydrogen-bond donors (Lipinski definition) is 1. The van der Waals surface area contributed by atoms with Crippen LogP contribution >= 0.6 is 12.6 Å². The van der Waals surface area contributed by atoms with Crippen LogP contribution in [0, 0.1) is 19.3 Å². The number of thiol groups is 1. The SMILES string of the molecule is Cc1cccc(OCC2(CS)CCCC2)c1C. The summed E-state index contributed by atoms with van der Waals surface area (Å²) in [5, 5.41) is 0. The summed E-state index contributed by atoms with van der Waals surface area (Å²) in [6.45, 7) is 5.08. The Kier molecular flexibility index (Phi) is 4.03. The minimum Gasteiger partial charge on any atom is -0.493 e. The number of benzene rings is 1. The van der Waals surface area contributed by atoms with Gasteiger partial charge in [-0.1, -0.05) is 25.0 Å². The summed E-state index contributed by atoms with van der Waals surface area (Å²) in [7, 11) is 0. The van der Waals surface area contributed by atoms with E-state index in [2.05, 4.69) is 44.7 Å². The first-order chi connectivity index (χ1) is 8.17. The van der Waals surface area contributed by atoms with E-state index in [1.807, 2.05) is 0 Å². The number of rotatable bonds is 4. The van der Waals surface area contributed by atoms with E-state index < -0.39 is 0 Å². The highest BCUT2D eigenvalue weighted by Gasteiger charge is 2.33. The van der Waals surface area contributed by atoms with Gasteiger partial charge in [0, 0.05) is 5.41 Å². The van der Waals surface area contributed by atoms with Crippen molar-refractivity contribution in [3.05, 3.63) is 29.3 Å². The summed E-state index contributed by atoms with van der Waals surface area (Å²) in [5.74, 6) is 1.98. The van der Waals surface area contributed by atoms with Gasteiger partial charge in [-0.25, -0.2) is 0 Å². The zero-order chi connectivity index (χ0) is 12.3. The molecule has 0 heterocycles. The van der Waals surface area contributed by atoms with Crippen LogP contribution in [0.4, 0.5) is 0 Å². The first kappa shape index (κ1) is 12.8. The lowest BCUT2D eigenvalue weighted by Crippen LogP contribution is -2.27. The van der Waals surface area contributed by atoms with Crippen molar-refractivity contribution in [3.63, 3.8) is 0 Å². The van der Waals surface area contributed by atoms with Gasteiger partial charge in [0.25, 0.3) is 0 Å². The Bertz CT molecular complexity index is 381. The van der Waals surface area contributed by atoms with Crippen LogP contribution in [0.1, 0.15) is 36.8 Å². The van der Waals surface area contributed by atoms with Crippen molar-refractivity contribution in [2.45, 2.75) is 39.5 Å². The van der Waals surface area contributed by atoms with Crippen molar-refractivity contribution in [2.75, 3.05) is 12.4 Å². The third-order valence-corrected chi connectivity index (χ3v) is 4.76. The van der Waals surface area contributed by atoms with Crippen LogP contribution in [0.3, 0.4) is 0 Å². The van der Waals surface area contributed by atoms with Gasteiger partial charge in [0.15, 0.2) is 0 Å². The Hall–Kier alpha value is -0.630. The predicted molar refractivity (Wildman–Crippen MR) is 76.2 cm³/mol. The quantitative estimate of drug-likeness (QED) is 0.789. The topological polar surface area (TPSA) is 9.23 Å². The maximum Gasteiger partial charge on any atom is 0.122 e. The van der Waals surface area contributed by atoms with Crippen LogP contribution < -0.4 is 4.74 Å². The van der Waals surface area contributed by atoms with E-state index in [1.54, 1.807) is 0 Å². The van der Waals surface area contributed by atoms with Gasteiger partial charge in [-0.2, -0.15) is 12.6 Å². The zero-order valence-corrected chi connectivity index (χ0v) is 11.7. The van der Waals surface area contributed by atoms with E-state index in [1.165, 1.54) is 36.8 Å². The molecule has 94 valence electrons. The van der Waals surface area contributed by atoms with Gasteiger partial charge in [-0.05, 0) is 49.6 Å². The zero-order valence-electron chi connectivity index (χ0n) is 10.8. The molecular weight excluding hydrogens is 228 g/mol. The Labute approximate surface area is 110 Å². The number of hydrogen-bond acceptors (Lipinski definition) is 2. The first-order valence-electron chi connectivity index (χ1n) is 6.47. The first-order valence-corrected chi connectivity index (χ1v) is 7.10. The molecule has 2 heteroatoms. The summed E-state index contributed by atoms with van der Waals surface area (Å²) < 4.78 is 6.05. The summed E-state index contributed by atoms with van der Waals surface area (Å²) >= 11 is 4.51.